The summed E-state index contributed by atoms with van der Waals surface area (Å²) in [5.74, 6) is -0.00103. The van der Waals surface area contributed by atoms with E-state index < -0.39 is 9.84 Å². The smallest absolute Gasteiger partial charge is 0.242 e. The minimum Gasteiger partial charge on any atom is -0.339 e. The quantitative estimate of drug-likeness (QED) is 0.380. The summed E-state index contributed by atoms with van der Waals surface area (Å²) in [5.41, 5.74) is 1.92. The second-order valence-electron chi connectivity index (χ2n) is 8.95. The first-order valence-electron chi connectivity index (χ1n) is 12.1. The van der Waals surface area contributed by atoms with E-state index in [9.17, 15) is 13.2 Å². The normalized spacial score (nSPS) is 15.1. The fraction of sp³-hybridized carbons (Fsp3) is 0.207. The summed E-state index contributed by atoms with van der Waals surface area (Å²) in [6, 6.07) is 26.0. The fourth-order valence-corrected chi connectivity index (χ4v) is 6.11. The van der Waals surface area contributed by atoms with Crippen LogP contribution < -0.4 is 0 Å². The maximum absolute atomic E-state index is 13.3. The van der Waals surface area contributed by atoms with E-state index in [1.807, 2.05) is 41.3 Å². The summed E-state index contributed by atoms with van der Waals surface area (Å²) in [6.07, 6.45) is 5.89. The number of piperazine rings is 1. The van der Waals surface area contributed by atoms with Crippen LogP contribution in [0.1, 0.15) is 5.56 Å². The van der Waals surface area contributed by atoms with Gasteiger partial charge in [0.15, 0.2) is 0 Å². The van der Waals surface area contributed by atoms with Crippen LogP contribution in [-0.2, 0) is 21.2 Å². The monoisotopic (exact) mass is 499 g/mol. The maximum atomic E-state index is 13.3. The van der Waals surface area contributed by atoms with E-state index in [1.165, 1.54) is 5.56 Å². The van der Waals surface area contributed by atoms with Crippen molar-refractivity contribution in [2.45, 2.75) is 16.3 Å². The summed E-state index contributed by atoms with van der Waals surface area (Å²) in [7, 11) is -3.70. The minimum atomic E-state index is -3.70. The van der Waals surface area contributed by atoms with Crippen LogP contribution in [0, 0.1) is 0 Å². The van der Waals surface area contributed by atoms with Gasteiger partial charge < -0.3 is 9.47 Å². The van der Waals surface area contributed by atoms with Crippen LogP contribution in [0.15, 0.2) is 107 Å². The predicted molar refractivity (Wildman–Crippen MR) is 142 cm³/mol. The van der Waals surface area contributed by atoms with Crippen molar-refractivity contribution in [1.82, 2.24) is 14.4 Å². The topological polar surface area (TPSA) is 62.6 Å². The SMILES string of the molecule is O=C(Cn1cc(S(=O)(=O)c2ccccc2)c2ccccc21)N1CCN(C/C=C/c2ccccc2)CC1. The lowest BCUT2D eigenvalue weighted by Crippen LogP contribution is -2.49. The van der Waals surface area contributed by atoms with Crippen molar-refractivity contribution in [2.75, 3.05) is 32.7 Å². The fourth-order valence-electron chi connectivity index (χ4n) is 4.61. The Morgan fingerprint density at radius 3 is 2.17 bits per heavy atom. The van der Waals surface area contributed by atoms with Gasteiger partial charge >= 0.3 is 0 Å². The number of aromatic nitrogens is 1. The van der Waals surface area contributed by atoms with Crippen molar-refractivity contribution in [3.05, 3.63) is 103 Å². The zero-order valence-corrected chi connectivity index (χ0v) is 20.8. The van der Waals surface area contributed by atoms with Crippen molar-refractivity contribution in [3.8, 4) is 0 Å². The first-order chi connectivity index (χ1) is 17.5. The molecule has 3 aromatic carbocycles. The van der Waals surface area contributed by atoms with E-state index in [2.05, 4.69) is 29.2 Å². The lowest BCUT2D eigenvalue weighted by molar-refractivity contribution is -0.133. The number of carbonyl (C=O) groups excluding carboxylic acids is 1. The average molecular weight is 500 g/mol. The molecule has 1 aliphatic heterocycles. The average Bonchev–Trinajstić information content (AvgIpc) is 3.29. The van der Waals surface area contributed by atoms with Gasteiger partial charge in [-0.3, -0.25) is 9.69 Å². The molecule has 4 aromatic rings. The van der Waals surface area contributed by atoms with Crippen LogP contribution in [-0.4, -0.2) is 61.4 Å². The lowest BCUT2D eigenvalue weighted by Gasteiger charge is -2.34. The number of para-hydroxylation sites is 1. The van der Waals surface area contributed by atoms with Gasteiger partial charge in [-0.1, -0.05) is 78.9 Å². The minimum absolute atomic E-state index is 0.00103. The number of rotatable bonds is 7. The van der Waals surface area contributed by atoms with Gasteiger partial charge in [0.2, 0.25) is 15.7 Å². The molecule has 1 fully saturated rings. The van der Waals surface area contributed by atoms with Crippen LogP contribution in [0.2, 0.25) is 0 Å². The van der Waals surface area contributed by atoms with Crippen LogP contribution in [0.25, 0.3) is 17.0 Å². The van der Waals surface area contributed by atoms with E-state index >= 15 is 0 Å². The molecule has 1 aromatic heterocycles. The number of amides is 1. The van der Waals surface area contributed by atoms with Crippen molar-refractivity contribution in [1.29, 1.82) is 0 Å². The molecule has 0 spiro atoms. The summed E-state index contributed by atoms with van der Waals surface area (Å²) >= 11 is 0. The highest BCUT2D eigenvalue weighted by Crippen LogP contribution is 2.30. The Morgan fingerprint density at radius 2 is 1.44 bits per heavy atom. The zero-order valence-electron chi connectivity index (χ0n) is 20.0. The number of sulfone groups is 1. The highest BCUT2D eigenvalue weighted by Gasteiger charge is 2.25. The molecule has 0 saturated carbocycles. The number of nitrogens with zero attached hydrogens (tertiary/aromatic N) is 3. The van der Waals surface area contributed by atoms with Crippen molar-refractivity contribution in [3.63, 3.8) is 0 Å². The van der Waals surface area contributed by atoms with Crippen molar-refractivity contribution in [2.24, 2.45) is 0 Å². The van der Waals surface area contributed by atoms with E-state index in [-0.39, 0.29) is 22.2 Å². The van der Waals surface area contributed by atoms with Crippen molar-refractivity contribution >= 4 is 32.7 Å². The Hall–Kier alpha value is -3.68. The molecule has 0 N–H and O–H groups in total. The first kappa shape index (κ1) is 24.0. The largest absolute Gasteiger partial charge is 0.339 e. The van der Waals surface area contributed by atoms with Gasteiger partial charge in [0.25, 0.3) is 0 Å². The van der Waals surface area contributed by atoms with E-state index in [0.717, 1.165) is 25.2 Å². The molecule has 184 valence electrons. The zero-order chi connectivity index (χ0) is 25.0. The summed E-state index contributed by atoms with van der Waals surface area (Å²) < 4.78 is 28.5. The standard InChI is InChI=1S/C29H29N3O3S/c33-29(31-20-18-30(19-21-31)17-9-12-24-10-3-1-4-11-24)23-32-22-28(26-15-7-8-16-27(26)32)36(34,35)25-13-5-2-6-14-25/h1-16,22H,17-21,23H2/b12-9+. The number of fused-ring (bicyclic) bond motifs is 1. The Morgan fingerprint density at radius 1 is 0.806 bits per heavy atom. The van der Waals surface area contributed by atoms with Gasteiger partial charge in [-0.15, -0.1) is 0 Å². The molecule has 0 aliphatic carbocycles. The molecule has 0 atom stereocenters. The lowest BCUT2D eigenvalue weighted by atomic mass is 10.2. The van der Waals surface area contributed by atoms with Gasteiger partial charge in [-0.05, 0) is 23.8 Å². The third kappa shape index (κ3) is 5.12. The molecule has 1 amide bonds. The second-order valence-corrected chi connectivity index (χ2v) is 10.9. The molecule has 0 radical (unpaired) electrons. The Kier molecular flexibility index (Phi) is 7.02. The summed E-state index contributed by atoms with van der Waals surface area (Å²) in [6.45, 7) is 3.90. The van der Waals surface area contributed by atoms with Crippen LogP contribution in [0.4, 0.5) is 0 Å². The second kappa shape index (κ2) is 10.5. The molecule has 0 bridgehead atoms. The third-order valence-electron chi connectivity index (χ3n) is 6.60. The molecule has 1 aliphatic rings. The number of hydrogen-bond donors (Lipinski definition) is 0. The van der Waals surface area contributed by atoms with Gasteiger partial charge in [-0.2, -0.15) is 0 Å². The first-order valence-corrected chi connectivity index (χ1v) is 13.6. The van der Waals surface area contributed by atoms with E-state index in [1.54, 1.807) is 47.2 Å². The summed E-state index contributed by atoms with van der Waals surface area (Å²) in [4.78, 5) is 17.8. The molecule has 2 heterocycles. The molecule has 0 unspecified atom stereocenters. The van der Waals surface area contributed by atoms with Gasteiger partial charge in [0.1, 0.15) is 6.54 Å². The van der Waals surface area contributed by atoms with Crippen LogP contribution in [0.3, 0.4) is 0 Å². The maximum Gasteiger partial charge on any atom is 0.242 e. The highest BCUT2D eigenvalue weighted by atomic mass is 32.2. The molecular formula is C29H29N3O3S. The molecule has 7 heteroatoms. The molecule has 1 saturated heterocycles. The van der Waals surface area contributed by atoms with Gasteiger partial charge in [0, 0.05) is 49.8 Å². The highest BCUT2D eigenvalue weighted by molar-refractivity contribution is 7.91. The van der Waals surface area contributed by atoms with Crippen LogP contribution >= 0.6 is 0 Å². The number of carbonyl (C=O) groups is 1. The van der Waals surface area contributed by atoms with E-state index in [0.29, 0.717) is 18.5 Å². The van der Waals surface area contributed by atoms with Crippen molar-refractivity contribution < 1.29 is 13.2 Å². The van der Waals surface area contributed by atoms with Gasteiger partial charge in [-0.25, -0.2) is 8.42 Å². The Balaban J connectivity index is 1.26. The van der Waals surface area contributed by atoms with Gasteiger partial charge in [0.05, 0.1) is 9.79 Å². The number of hydrogen-bond acceptors (Lipinski definition) is 4. The van der Waals surface area contributed by atoms with Crippen LogP contribution in [0.5, 0.6) is 0 Å². The molecule has 5 rings (SSSR count). The summed E-state index contributed by atoms with van der Waals surface area (Å²) in [5, 5.41) is 0.629. The molecule has 6 nitrogen and oxygen atoms in total. The molecular weight excluding hydrogens is 470 g/mol. The Bertz CT molecular complexity index is 1470. The number of benzene rings is 3. The molecule has 36 heavy (non-hydrogen) atoms. The third-order valence-corrected chi connectivity index (χ3v) is 8.40. The van der Waals surface area contributed by atoms with E-state index in [4.69, 9.17) is 0 Å². The Labute approximate surface area is 212 Å². The predicted octanol–water partition coefficient (Wildman–Crippen LogP) is 4.33.